The number of fused-ring (bicyclic) bond motifs is 2. The number of amides is 1. The van der Waals surface area contributed by atoms with E-state index in [1.54, 1.807) is 28.9 Å². The summed E-state index contributed by atoms with van der Waals surface area (Å²) in [5.74, 6) is 1.34. The van der Waals surface area contributed by atoms with Crippen LogP contribution in [0.3, 0.4) is 0 Å². The minimum Gasteiger partial charge on any atom is -0.342 e. The molecule has 1 saturated heterocycles. The first-order chi connectivity index (χ1) is 13.2. The van der Waals surface area contributed by atoms with Gasteiger partial charge in [0.15, 0.2) is 5.69 Å². The first-order valence-electron chi connectivity index (χ1n) is 9.06. The molecule has 0 atom stereocenters. The molecule has 4 heterocycles. The topological polar surface area (TPSA) is 66.3 Å². The van der Waals surface area contributed by atoms with Crippen molar-refractivity contribution in [3.8, 4) is 0 Å². The highest BCUT2D eigenvalue weighted by molar-refractivity contribution is 6.30. The van der Waals surface area contributed by atoms with E-state index in [1.165, 1.54) is 0 Å². The Morgan fingerprint density at radius 1 is 1.15 bits per heavy atom. The summed E-state index contributed by atoms with van der Waals surface area (Å²) in [4.78, 5) is 22.8. The van der Waals surface area contributed by atoms with Crippen molar-refractivity contribution in [2.24, 2.45) is 0 Å². The third-order valence-corrected chi connectivity index (χ3v) is 5.46. The molecule has 136 valence electrons. The number of piperidine rings is 1. The second-order valence-electron chi connectivity index (χ2n) is 6.95. The van der Waals surface area contributed by atoms with E-state index < -0.39 is 0 Å². The predicted molar refractivity (Wildman–Crippen MR) is 104 cm³/mol. The minimum absolute atomic E-state index is 0.0297. The van der Waals surface area contributed by atoms with Crippen LogP contribution in [0.4, 0.5) is 0 Å². The van der Waals surface area contributed by atoms with E-state index in [4.69, 9.17) is 16.6 Å². The van der Waals surface area contributed by atoms with Crippen molar-refractivity contribution in [2.45, 2.75) is 18.8 Å². The molecule has 0 spiro atoms. The van der Waals surface area contributed by atoms with Crippen LogP contribution >= 0.6 is 11.6 Å². The molecule has 0 aliphatic carbocycles. The van der Waals surface area contributed by atoms with Crippen molar-refractivity contribution in [2.75, 3.05) is 13.1 Å². The van der Waals surface area contributed by atoms with Crippen LogP contribution in [0.15, 0.2) is 48.7 Å². The van der Waals surface area contributed by atoms with E-state index in [-0.39, 0.29) is 5.91 Å². The van der Waals surface area contributed by atoms with Gasteiger partial charge in [-0.2, -0.15) is 5.10 Å². The van der Waals surface area contributed by atoms with Gasteiger partial charge in [0.1, 0.15) is 5.82 Å². The molecule has 27 heavy (non-hydrogen) atoms. The van der Waals surface area contributed by atoms with Gasteiger partial charge in [0.05, 0.1) is 16.6 Å². The fourth-order valence-electron chi connectivity index (χ4n) is 3.76. The highest BCUT2D eigenvalue weighted by Crippen LogP contribution is 2.28. The zero-order valence-electron chi connectivity index (χ0n) is 14.6. The van der Waals surface area contributed by atoms with Crippen LogP contribution in [0, 0.1) is 0 Å². The van der Waals surface area contributed by atoms with Crippen LogP contribution in [0.5, 0.6) is 0 Å². The van der Waals surface area contributed by atoms with E-state index >= 15 is 0 Å². The molecule has 7 heteroatoms. The van der Waals surface area contributed by atoms with Gasteiger partial charge >= 0.3 is 0 Å². The van der Waals surface area contributed by atoms with Crippen LogP contribution in [0.25, 0.3) is 16.6 Å². The van der Waals surface area contributed by atoms with Gasteiger partial charge in [0.2, 0.25) is 0 Å². The number of hydrogen-bond donors (Lipinski definition) is 1. The van der Waals surface area contributed by atoms with Gasteiger partial charge in [-0.15, -0.1) is 0 Å². The number of halogens is 1. The summed E-state index contributed by atoms with van der Waals surface area (Å²) >= 11 is 6.01. The highest BCUT2D eigenvalue weighted by atomic mass is 35.5. The molecule has 0 radical (unpaired) electrons. The molecule has 1 fully saturated rings. The van der Waals surface area contributed by atoms with E-state index in [9.17, 15) is 4.79 Å². The predicted octanol–water partition coefficient (Wildman–Crippen LogP) is 3.88. The second kappa shape index (κ2) is 6.39. The van der Waals surface area contributed by atoms with Crippen LogP contribution in [0.2, 0.25) is 5.02 Å². The van der Waals surface area contributed by atoms with Crippen LogP contribution in [-0.4, -0.2) is 43.5 Å². The zero-order valence-corrected chi connectivity index (χ0v) is 15.4. The summed E-state index contributed by atoms with van der Waals surface area (Å²) in [6.45, 7) is 1.41. The summed E-state index contributed by atoms with van der Waals surface area (Å²) < 4.78 is 1.68. The zero-order chi connectivity index (χ0) is 18.4. The lowest BCUT2D eigenvalue weighted by Crippen LogP contribution is -2.38. The average Bonchev–Trinajstić information content (AvgIpc) is 3.31. The van der Waals surface area contributed by atoms with Gasteiger partial charge in [-0.3, -0.25) is 4.79 Å². The Kier molecular flexibility index (Phi) is 3.86. The molecule has 1 amide bonds. The van der Waals surface area contributed by atoms with E-state index in [1.807, 2.05) is 29.2 Å². The maximum absolute atomic E-state index is 12.8. The van der Waals surface area contributed by atoms with Crippen molar-refractivity contribution < 1.29 is 4.79 Å². The molecule has 5 rings (SSSR count). The minimum atomic E-state index is -0.0297. The maximum atomic E-state index is 12.8. The smallest absolute Gasteiger partial charge is 0.274 e. The molecular weight excluding hydrogens is 362 g/mol. The van der Waals surface area contributed by atoms with Gasteiger partial charge in [-0.05, 0) is 43.2 Å². The number of nitrogens with zero attached hydrogens (tertiary/aromatic N) is 4. The first-order valence-corrected chi connectivity index (χ1v) is 9.44. The number of imidazole rings is 1. The molecule has 1 aliphatic heterocycles. The second-order valence-corrected chi connectivity index (χ2v) is 7.39. The number of H-pyrrole nitrogens is 1. The van der Waals surface area contributed by atoms with Crippen molar-refractivity contribution in [1.82, 2.24) is 24.5 Å². The van der Waals surface area contributed by atoms with Gasteiger partial charge in [0.25, 0.3) is 5.91 Å². The van der Waals surface area contributed by atoms with Crippen molar-refractivity contribution >= 4 is 34.1 Å². The number of carbonyl (C=O) groups excluding carboxylic acids is 1. The Bertz CT molecular complexity index is 1110. The summed E-state index contributed by atoms with van der Waals surface area (Å²) in [7, 11) is 0. The number of nitrogens with one attached hydrogen (secondary N) is 1. The molecule has 1 aromatic carbocycles. The molecule has 1 N–H and O–H groups in total. The Morgan fingerprint density at radius 2 is 1.96 bits per heavy atom. The Hall–Kier alpha value is -2.86. The normalized spacial score (nSPS) is 15.7. The third kappa shape index (κ3) is 2.96. The standard InChI is InChI=1S/C20H18ClN5O/c21-14-7-10-26-15(11-14)12-18(24-26)20(27)25-8-5-13(6-9-25)19-22-16-3-1-2-4-17(16)23-19/h1-4,7,10-13H,5-6,8-9H2,(H,22,23). The molecule has 0 saturated carbocycles. The number of para-hydroxylation sites is 2. The van der Waals surface area contributed by atoms with Crippen molar-refractivity contribution in [3.63, 3.8) is 0 Å². The number of hydrogen-bond acceptors (Lipinski definition) is 3. The van der Waals surface area contributed by atoms with E-state index in [0.717, 1.165) is 35.2 Å². The van der Waals surface area contributed by atoms with Crippen LogP contribution < -0.4 is 0 Å². The summed E-state index contributed by atoms with van der Waals surface area (Å²) in [6.07, 6.45) is 3.55. The molecule has 0 bridgehead atoms. The quantitative estimate of drug-likeness (QED) is 0.574. The third-order valence-electron chi connectivity index (χ3n) is 5.22. The lowest BCUT2D eigenvalue weighted by Gasteiger charge is -2.30. The van der Waals surface area contributed by atoms with E-state index in [0.29, 0.717) is 29.7 Å². The highest BCUT2D eigenvalue weighted by Gasteiger charge is 2.27. The lowest BCUT2D eigenvalue weighted by atomic mass is 9.96. The van der Waals surface area contributed by atoms with Crippen molar-refractivity contribution in [3.05, 3.63) is 65.2 Å². The molecule has 6 nitrogen and oxygen atoms in total. The monoisotopic (exact) mass is 379 g/mol. The first kappa shape index (κ1) is 16.3. The molecule has 0 unspecified atom stereocenters. The molecule has 1 aliphatic rings. The number of pyridine rings is 1. The fourth-order valence-corrected chi connectivity index (χ4v) is 3.92. The Balaban J connectivity index is 1.31. The number of aromatic amines is 1. The van der Waals surface area contributed by atoms with E-state index in [2.05, 4.69) is 10.1 Å². The SMILES string of the molecule is O=C(c1cc2cc(Cl)ccn2n1)N1CCC(c2nc3ccccc3[nH]2)CC1. The van der Waals surface area contributed by atoms with Crippen LogP contribution in [-0.2, 0) is 0 Å². The number of rotatable bonds is 2. The molecular formula is C20H18ClN5O. The molecule has 4 aromatic rings. The number of aromatic nitrogens is 4. The van der Waals surface area contributed by atoms with Crippen molar-refractivity contribution in [1.29, 1.82) is 0 Å². The van der Waals surface area contributed by atoms with Gasteiger partial charge in [-0.25, -0.2) is 9.50 Å². The van der Waals surface area contributed by atoms with Gasteiger partial charge in [-0.1, -0.05) is 23.7 Å². The summed E-state index contributed by atoms with van der Waals surface area (Å²) in [5.41, 5.74) is 3.34. The fraction of sp³-hybridized carbons (Fsp3) is 0.250. The number of likely N-dealkylation sites (tertiary alicyclic amines) is 1. The van der Waals surface area contributed by atoms with Gasteiger partial charge < -0.3 is 9.88 Å². The largest absolute Gasteiger partial charge is 0.342 e. The number of carbonyl (C=O) groups is 1. The van der Waals surface area contributed by atoms with Gasteiger partial charge in [0, 0.05) is 30.2 Å². The number of benzene rings is 1. The maximum Gasteiger partial charge on any atom is 0.274 e. The summed E-state index contributed by atoms with van der Waals surface area (Å²) in [6, 6.07) is 13.4. The Morgan fingerprint density at radius 3 is 2.78 bits per heavy atom. The summed E-state index contributed by atoms with van der Waals surface area (Å²) in [5, 5.41) is 5.02. The lowest BCUT2D eigenvalue weighted by molar-refractivity contribution is 0.0705. The average molecular weight is 380 g/mol. The van der Waals surface area contributed by atoms with Crippen LogP contribution in [0.1, 0.15) is 35.1 Å². The molecule has 3 aromatic heterocycles. The Labute approximate surface area is 160 Å².